The van der Waals surface area contributed by atoms with Gasteiger partial charge >= 0.3 is 29.8 Å². The molecule has 0 aromatic heterocycles. The standard InChI is InChI=1S/C56H42O31/c57-22-2-1-14(3-24(22)59)49-31(66)6-17-32(83-49)12-23(58)16(39(17)67)11-33-50(86-55(80)21-10-30(65)44(72)48(76)38(21)36-19(54(79)84-33)8-28(63)42(70)46(36)74)51-34(85-52(77)15-4-25(60)40(68)26(61)5-15)13-82-53(78)18-7-27(62)41(69)45(73)35(18)37-20(56(81)87-51)9-29(64)43(71)47(37)75/h1-5,7-10,12,31,33-34,49-51,57-76H,6,11,13H2/t31-,33?,34?,49?,50+,51+/m0/s1. The first-order valence-corrected chi connectivity index (χ1v) is 24.8. The molecule has 0 saturated heterocycles. The van der Waals surface area contributed by atoms with Crippen LogP contribution in [0.4, 0.5) is 0 Å². The van der Waals surface area contributed by atoms with Crippen LogP contribution in [0.15, 0.2) is 60.7 Å². The number of fused-ring (bicyclic) bond motifs is 7. The summed E-state index contributed by atoms with van der Waals surface area (Å²) in [4.78, 5) is 74.1. The Bertz CT molecular complexity index is 4130. The Morgan fingerprint density at radius 1 is 0.437 bits per heavy atom. The molecule has 87 heavy (non-hydrogen) atoms. The van der Waals surface area contributed by atoms with Crippen LogP contribution in [0.25, 0.3) is 22.3 Å². The Labute approximate surface area is 481 Å². The summed E-state index contributed by atoms with van der Waals surface area (Å²) >= 11 is 0. The van der Waals surface area contributed by atoms with Gasteiger partial charge in [0, 0.05) is 52.3 Å². The average molecular weight is 1210 g/mol. The predicted octanol–water partition coefficient (Wildman–Crippen LogP) is 3.39. The summed E-state index contributed by atoms with van der Waals surface area (Å²) in [5.74, 6) is -34.3. The topological polar surface area (TPSA) is 545 Å². The Kier molecular flexibility index (Phi) is 14.2. The lowest BCUT2D eigenvalue weighted by atomic mass is 9.89. The van der Waals surface area contributed by atoms with Crippen molar-refractivity contribution in [1.29, 1.82) is 0 Å². The first-order valence-electron chi connectivity index (χ1n) is 24.8. The molecule has 0 spiro atoms. The number of aromatic hydroxyl groups is 19. The monoisotopic (exact) mass is 1210 g/mol. The van der Waals surface area contributed by atoms with Crippen molar-refractivity contribution >= 4 is 29.8 Å². The van der Waals surface area contributed by atoms with Gasteiger partial charge < -0.3 is 131 Å². The number of hydrogen-bond donors (Lipinski definition) is 20. The molecular formula is C56H42O31. The lowest BCUT2D eigenvalue weighted by Crippen LogP contribution is -2.54. The molecule has 0 amide bonds. The highest BCUT2D eigenvalue weighted by molar-refractivity contribution is 6.10. The smallest absolute Gasteiger partial charge is 0.339 e. The van der Waals surface area contributed by atoms with E-state index < -0.39 is 251 Å². The fourth-order valence-corrected chi connectivity index (χ4v) is 10.1. The molecule has 0 bridgehead atoms. The second kappa shape index (κ2) is 21.2. The molecule has 0 fully saturated rings. The zero-order valence-electron chi connectivity index (χ0n) is 43.3. The van der Waals surface area contributed by atoms with Gasteiger partial charge in [-0.3, -0.25) is 0 Å². The van der Waals surface area contributed by atoms with Crippen LogP contribution >= 0.6 is 0 Å². The maximum Gasteiger partial charge on any atom is 0.339 e. The summed E-state index contributed by atoms with van der Waals surface area (Å²) in [5, 5.41) is 218. The summed E-state index contributed by atoms with van der Waals surface area (Å²) in [7, 11) is 0. The van der Waals surface area contributed by atoms with Gasteiger partial charge in [0.1, 0.15) is 36.1 Å². The highest BCUT2D eigenvalue weighted by Gasteiger charge is 2.49. The first kappa shape index (κ1) is 58.1. The van der Waals surface area contributed by atoms with E-state index >= 15 is 14.4 Å². The van der Waals surface area contributed by atoms with Crippen LogP contribution in [-0.2, 0) is 36.5 Å². The fraction of sp³-hybridized carbons (Fsp3) is 0.161. The average Bonchev–Trinajstić information content (AvgIpc) is 1.40. The zero-order chi connectivity index (χ0) is 63.3. The Morgan fingerprint density at radius 3 is 1.34 bits per heavy atom. The minimum atomic E-state index is -2.93. The number of rotatable bonds is 6. The van der Waals surface area contributed by atoms with Crippen molar-refractivity contribution in [3.8, 4) is 137 Å². The lowest BCUT2D eigenvalue weighted by molar-refractivity contribution is -0.131. The summed E-state index contributed by atoms with van der Waals surface area (Å²) < 4.78 is 34.9. The molecule has 3 aliphatic rings. The van der Waals surface area contributed by atoms with Crippen LogP contribution in [0.3, 0.4) is 0 Å². The van der Waals surface area contributed by atoms with Gasteiger partial charge in [0.15, 0.2) is 93.1 Å². The highest BCUT2D eigenvalue weighted by atomic mass is 16.6. The fourth-order valence-electron chi connectivity index (χ4n) is 10.1. The number of aliphatic hydroxyl groups is 1. The molecule has 7 aromatic carbocycles. The molecule has 31 heteroatoms. The number of carbonyl (C=O) groups excluding carboxylic acids is 5. The van der Waals surface area contributed by atoms with E-state index in [1.165, 1.54) is 6.07 Å². The first-order chi connectivity index (χ1) is 41.0. The van der Waals surface area contributed by atoms with E-state index in [-0.39, 0.29) is 16.9 Å². The van der Waals surface area contributed by atoms with Crippen LogP contribution in [0.5, 0.6) is 115 Å². The van der Waals surface area contributed by atoms with Crippen LogP contribution in [0.2, 0.25) is 0 Å². The predicted molar refractivity (Wildman–Crippen MR) is 279 cm³/mol. The number of phenols is 19. The summed E-state index contributed by atoms with van der Waals surface area (Å²) in [5.41, 5.74) is -11.6. The number of phenolic OH excluding ortho intramolecular Hbond substituents is 19. The third-order valence-electron chi connectivity index (χ3n) is 14.3. The van der Waals surface area contributed by atoms with Crippen molar-refractivity contribution in [3.05, 3.63) is 105 Å². The molecular weight excluding hydrogens is 1170 g/mol. The molecule has 3 heterocycles. The van der Waals surface area contributed by atoms with Gasteiger partial charge in [-0.2, -0.15) is 0 Å². The van der Waals surface area contributed by atoms with Crippen LogP contribution in [0.1, 0.15) is 74.6 Å². The molecule has 7 aromatic rings. The van der Waals surface area contributed by atoms with E-state index in [9.17, 15) is 112 Å². The SMILES string of the molecule is O=C(OC1COC(=O)c2cc(O)c(O)c(O)c2-c2c(cc(O)c(O)c2O)C(=O)O[C@H]1[C@@H]1OC(=O)c2cc(O)c(O)c(O)c2-c2c(cc(O)c(O)c2O)C(=O)OC1Cc1c(O)cc2c(c1O)C[C@H](O)C(c1ccc(O)c(O)c1)O2)c1cc(O)c(O)c(O)c1. The number of cyclic esters (lactones) is 4. The zero-order valence-corrected chi connectivity index (χ0v) is 43.3. The number of carbonyl (C=O) groups is 5. The van der Waals surface area contributed by atoms with Crippen molar-refractivity contribution in [3.63, 3.8) is 0 Å². The molecule has 10 rings (SSSR count). The van der Waals surface area contributed by atoms with Gasteiger partial charge in [-0.05, 0) is 54.1 Å². The molecule has 0 radical (unpaired) electrons. The van der Waals surface area contributed by atoms with Gasteiger partial charge in [-0.15, -0.1) is 0 Å². The number of esters is 5. The van der Waals surface area contributed by atoms with E-state index in [1.807, 2.05) is 0 Å². The molecule has 3 aliphatic heterocycles. The van der Waals surface area contributed by atoms with E-state index in [1.54, 1.807) is 0 Å². The highest BCUT2D eigenvalue weighted by Crippen LogP contribution is 2.56. The van der Waals surface area contributed by atoms with E-state index in [2.05, 4.69) is 0 Å². The largest absolute Gasteiger partial charge is 0.507 e. The van der Waals surface area contributed by atoms with Gasteiger partial charge in [0.2, 0.25) is 23.0 Å². The van der Waals surface area contributed by atoms with E-state index in [4.69, 9.17) is 28.4 Å². The van der Waals surface area contributed by atoms with Crippen molar-refractivity contribution < 1.29 is 155 Å². The number of aliphatic hydroxyl groups excluding tert-OH is 1. The second-order valence-electron chi connectivity index (χ2n) is 19.6. The second-order valence-corrected chi connectivity index (χ2v) is 19.6. The van der Waals surface area contributed by atoms with Crippen molar-refractivity contribution in [2.75, 3.05) is 6.61 Å². The molecule has 20 N–H and O–H groups in total. The van der Waals surface area contributed by atoms with E-state index in [0.29, 0.717) is 36.4 Å². The van der Waals surface area contributed by atoms with Gasteiger partial charge in [0.25, 0.3) is 0 Å². The summed E-state index contributed by atoms with van der Waals surface area (Å²) in [6.45, 7) is -1.60. The molecule has 452 valence electrons. The molecule has 0 saturated carbocycles. The van der Waals surface area contributed by atoms with Crippen molar-refractivity contribution in [2.45, 2.75) is 49.5 Å². The quantitative estimate of drug-likeness (QED) is 0.0644. The Hall–Kier alpha value is -12.2. The van der Waals surface area contributed by atoms with Crippen LogP contribution in [-0.4, -0.2) is 169 Å². The van der Waals surface area contributed by atoms with E-state index in [0.717, 1.165) is 18.2 Å². The minimum absolute atomic E-state index is 0.0615. The minimum Gasteiger partial charge on any atom is -0.507 e. The Morgan fingerprint density at radius 2 is 0.874 bits per heavy atom. The maximum atomic E-state index is 15.2. The normalized spacial score (nSPS) is 19.1. The lowest BCUT2D eigenvalue weighted by Gasteiger charge is -2.37. The van der Waals surface area contributed by atoms with Gasteiger partial charge in [-0.25, -0.2) is 24.0 Å². The third-order valence-corrected chi connectivity index (χ3v) is 14.3. The van der Waals surface area contributed by atoms with Crippen molar-refractivity contribution in [1.82, 2.24) is 0 Å². The number of ether oxygens (including phenoxy) is 6. The number of benzene rings is 7. The summed E-state index contributed by atoms with van der Waals surface area (Å²) in [6.07, 6.45) is -16.2. The molecule has 6 atom stereocenters. The summed E-state index contributed by atoms with van der Waals surface area (Å²) in [6, 6.07) is 6.52. The maximum absolute atomic E-state index is 15.2. The Balaban J connectivity index is 1.24. The van der Waals surface area contributed by atoms with Crippen LogP contribution in [0, 0.1) is 0 Å². The molecule has 31 nitrogen and oxygen atoms in total. The van der Waals surface area contributed by atoms with Gasteiger partial charge in [0.05, 0.1) is 33.9 Å². The van der Waals surface area contributed by atoms with Gasteiger partial charge in [-0.1, -0.05) is 6.07 Å². The third kappa shape index (κ3) is 9.74. The molecule has 3 unspecified atom stereocenters. The van der Waals surface area contributed by atoms with Crippen molar-refractivity contribution in [2.24, 2.45) is 0 Å². The van der Waals surface area contributed by atoms with Crippen LogP contribution < -0.4 is 4.74 Å². The number of hydrogen-bond acceptors (Lipinski definition) is 31. The molecule has 0 aliphatic carbocycles.